The van der Waals surface area contributed by atoms with Crippen molar-refractivity contribution in [1.82, 2.24) is 5.32 Å². The van der Waals surface area contributed by atoms with Crippen molar-refractivity contribution in [3.8, 4) is 11.5 Å². The Morgan fingerprint density at radius 3 is 2.53 bits per heavy atom. The Morgan fingerprint density at radius 1 is 1.00 bits per heavy atom. The molecule has 7 heteroatoms. The third-order valence-corrected chi connectivity index (χ3v) is 6.26. The maximum absolute atomic E-state index is 12.6. The Labute approximate surface area is 211 Å². The van der Waals surface area contributed by atoms with E-state index in [0.717, 1.165) is 70.0 Å². The Kier molecular flexibility index (Phi) is 7.93. The number of benzene rings is 3. The van der Waals surface area contributed by atoms with E-state index in [0.29, 0.717) is 18.7 Å². The third-order valence-electron chi connectivity index (χ3n) is 6.26. The lowest BCUT2D eigenvalue weighted by Gasteiger charge is -2.23. The van der Waals surface area contributed by atoms with E-state index in [4.69, 9.17) is 10.3 Å². The lowest BCUT2D eigenvalue weighted by molar-refractivity contribution is 0.0953. The highest BCUT2D eigenvalue weighted by molar-refractivity contribution is 5.95. The van der Waals surface area contributed by atoms with Crippen LogP contribution in [-0.2, 0) is 0 Å². The molecule has 0 saturated heterocycles. The fourth-order valence-corrected chi connectivity index (χ4v) is 4.31. The molecule has 184 valence electrons. The molecule has 0 atom stereocenters. The van der Waals surface area contributed by atoms with Crippen molar-refractivity contribution >= 4 is 23.7 Å². The van der Waals surface area contributed by atoms with Crippen LogP contribution in [0.25, 0.3) is 22.6 Å². The molecule has 7 nitrogen and oxygen atoms in total. The van der Waals surface area contributed by atoms with Crippen LogP contribution in [0.2, 0.25) is 0 Å². The van der Waals surface area contributed by atoms with Gasteiger partial charge in [-0.2, -0.15) is 0 Å². The van der Waals surface area contributed by atoms with E-state index in [2.05, 4.69) is 34.1 Å². The molecule has 1 aliphatic heterocycles. The van der Waals surface area contributed by atoms with Gasteiger partial charge in [-0.3, -0.25) is 4.79 Å². The van der Waals surface area contributed by atoms with E-state index < -0.39 is 0 Å². The molecule has 1 heterocycles. The topological polar surface area (TPSA) is 90.3 Å². The summed E-state index contributed by atoms with van der Waals surface area (Å²) in [7, 11) is 4.01. The van der Waals surface area contributed by atoms with Crippen LogP contribution in [0.15, 0.2) is 65.8 Å². The van der Waals surface area contributed by atoms with Gasteiger partial charge in [0.1, 0.15) is 11.5 Å². The Morgan fingerprint density at radius 2 is 1.78 bits per heavy atom. The lowest BCUT2D eigenvalue weighted by Crippen LogP contribution is -2.24. The van der Waals surface area contributed by atoms with Crippen LogP contribution in [0.5, 0.6) is 11.5 Å². The molecule has 0 saturated carbocycles. The van der Waals surface area contributed by atoms with Crippen molar-refractivity contribution in [1.29, 1.82) is 0 Å². The fourth-order valence-electron chi connectivity index (χ4n) is 4.31. The van der Waals surface area contributed by atoms with Gasteiger partial charge < -0.3 is 15.0 Å². The normalized spacial score (nSPS) is 11.6. The van der Waals surface area contributed by atoms with E-state index in [1.54, 1.807) is 0 Å². The number of fused-ring (bicyclic) bond motifs is 2. The van der Waals surface area contributed by atoms with Gasteiger partial charge in [0.15, 0.2) is 0 Å². The summed E-state index contributed by atoms with van der Waals surface area (Å²) in [5.41, 5.74) is 13.1. The minimum Gasteiger partial charge on any atom is -0.456 e. The minimum atomic E-state index is -0.0780. The van der Waals surface area contributed by atoms with Gasteiger partial charge in [-0.25, -0.2) is 0 Å². The molecule has 0 spiro atoms. The van der Waals surface area contributed by atoms with Gasteiger partial charge >= 0.3 is 0 Å². The predicted octanol–water partition coefficient (Wildman–Crippen LogP) is 5.12. The number of nitrogens with one attached hydrogen (secondary N) is 1. The minimum absolute atomic E-state index is 0.0780. The molecule has 0 aromatic heterocycles. The van der Waals surface area contributed by atoms with Crippen LogP contribution in [-0.4, -0.2) is 33.1 Å². The molecule has 0 radical (unpaired) electrons. The second-order valence-corrected chi connectivity index (χ2v) is 9.08. The Balaban J connectivity index is 1.53. The zero-order valence-corrected chi connectivity index (χ0v) is 20.8. The van der Waals surface area contributed by atoms with Crippen LogP contribution < -0.4 is 25.4 Å². The number of ether oxygens (including phenoxy) is 1. The number of hydrogen-bond acceptors (Lipinski definition) is 4. The number of anilines is 1. The monoisotopic (exact) mass is 481 g/mol. The summed E-state index contributed by atoms with van der Waals surface area (Å²) in [4.78, 5) is 17.4. The van der Waals surface area contributed by atoms with Gasteiger partial charge in [-0.15, -0.1) is 0 Å². The number of amides is 1. The molecule has 1 amide bonds. The van der Waals surface area contributed by atoms with Gasteiger partial charge in [-0.1, -0.05) is 48.8 Å². The van der Waals surface area contributed by atoms with Crippen molar-refractivity contribution in [2.24, 2.45) is 5.11 Å². The number of carbonyl (C=O) groups excluding carboxylic acids is 1. The van der Waals surface area contributed by atoms with E-state index >= 15 is 0 Å². The maximum atomic E-state index is 12.6. The predicted molar refractivity (Wildman–Crippen MR) is 145 cm³/mol. The van der Waals surface area contributed by atoms with Crippen molar-refractivity contribution in [2.45, 2.75) is 25.7 Å². The Hall–Kier alpha value is -4.22. The SMILES string of the molecule is C=c1ccc2c(c1)Oc1cc(N(C)C)ccc1C=2c1ccc(C(=O)NCCCCCCN=[N+]=[N-])cc1. The third kappa shape index (κ3) is 5.70. The summed E-state index contributed by atoms with van der Waals surface area (Å²) in [6, 6.07) is 19.9. The first-order valence-corrected chi connectivity index (χ1v) is 12.2. The largest absolute Gasteiger partial charge is 0.456 e. The number of nitrogens with zero attached hydrogens (tertiary/aromatic N) is 4. The molecular weight excluding hydrogens is 450 g/mol. The standard InChI is InChI=1S/C29H31N5O2/c1-20-8-14-24-26(18-20)36-27-19-23(34(2)3)13-15-25(27)28(24)21-9-11-22(12-10-21)29(35)31-16-6-4-5-7-17-32-33-30/h8-15,18-19H,1,4-7,16-17H2,2-3H3,(H,31,35). The van der Waals surface area contributed by atoms with Crippen LogP contribution in [0.3, 0.4) is 0 Å². The molecule has 4 rings (SSSR count). The van der Waals surface area contributed by atoms with Gasteiger partial charge in [0.2, 0.25) is 0 Å². The van der Waals surface area contributed by atoms with Gasteiger partial charge in [-0.05, 0) is 59.5 Å². The highest BCUT2D eigenvalue weighted by Gasteiger charge is 2.21. The highest BCUT2D eigenvalue weighted by atomic mass is 16.5. The molecule has 3 aromatic rings. The first-order chi connectivity index (χ1) is 17.5. The van der Waals surface area contributed by atoms with Crippen molar-refractivity contribution in [3.63, 3.8) is 0 Å². The van der Waals surface area contributed by atoms with Crippen LogP contribution in [0.1, 0.15) is 47.2 Å². The number of carbonyl (C=O) groups is 1. The summed E-state index contributed by atoms with van der Waals surface area (Å²) in [6.07, 6.45) is 3.75. The molecule has 0 unspecified atom stereocenters. The smallest absolute Gasteiger partial charge is 0.251 e. The molecule has 0 aliphatic carbocycles. The lowest BCUT2D eigenvalue weighted by atomic mass is 9.92. The Bertz CT molecular complexity index is 1410. The maximum Gasteiger partial charge on any atom is 0.251 e. The average Bonchev–Trinajstić information content (AvgIpc) is 2.88. The summed E-state index contributed by atoms with van der Waals surface area (Å²) in [5.74, 6) is 1.50. The first kappa shape index (κ1) is 24.9. The van der Waals surface area contributed by atoms with Gasteiger partial charge in [0, 0.05) is 65.8 Å². The summed E-state index contributed by atoms with van der Waals surface area (Å²) >= 11 is 0. The zero-order valence-electron chi connectivity index (χ0n) is 20.8. The van der Waals surface area contributed by atoms with Crippen molar-refractivity contribution in [2.75, 3.05) is 32.1 Å². The van der Waals surface area contributed by atoms with Crippen molar-refractivity contribution in [3.05, 3.63) is 98.2 Å². The number of unbranched alkanes of at least 4 members (excludes halogenated alkanes) is 3. The molecule has 3 aromatic carbocycles. The van der Waals surface area contributed by atoms with E-state index in [-0.39, 0.29) is 5.91 Å². The molecule has 0 fully saturated rings. The second-order valence-electron chi connectivity index (χ2n) is 9.08. The van der Waals surface area contributed by atoms with Gasteiger partial charge in [0.25, 0.3) is 5.91 Å². The average molecular weight is 482 g/mol. The number of azide groups is 1. The van der Waals surface area contributed by atoms with Crippen LogP contribution in [0.4, 0.5) is 5.69 Å². The highest BCUT2D eigenvalue weighted by Crippen LogP contribution is 2.38. The number of rotatable bonds is 10. The van der Waals surface area contributed by atoms with Crippen molar-refractivity contribution < 1.29 is 9.53 Å². The molecule has 36 heavy (non-hydrogen) atoms. The van der Waals surface area contributed by atoms with Gasteiger partial charge in [0.05, 0.1) is 0 Å². The quantitative estimate of drug-likeness (QED) is 0.148. The van der Waals surface area contributed by atoms with E-state index in [9.17, 15) is 4.79 Å². The summed E-state index contributed by atoms with van der Waals surface area (Å²) < 4.78 is 6.28. The number of hydrogen-bond donors (Lipinski definition) is 1. The molecule has 1 aliphatic rings. The van der Waals surface area contributed by atoms with Crippen LogP contribution in [0, 0.1) is 0 Å². The molecule has 0 bridgehead atoms. The summed E-state index contributed by atoms with van der Waals surface area (Å²) in [5, 5.41) is 8.43. The summed E-state index contributed by atoms with van der Waals surface area (Å²) in [6.45, 7) is 5.21. The van der Waals surface area contributed by atoms with Crippen LogP contribution >= 0.6 is 0 Å². The second kappa shape index (κ2) is 11.5. The zero-order chi connectivity index (χ0) is 25.5. The van der Waals surface area contributed by atoms with E-state index in [1.165, 1.54) is 0 Å². The van der Waals surface area contributed by atoms with E-state index in [1.807, 2.05) is 67.5 Å². The first-order valence-electron chi connectivity index (χ1n) is 12.2. The molecular formula is C29H31N5O2. The fraction of sp³-hybridized carbons (Fsp3) is 0.276. The molecule has 1 N–H and O–H groups in total.